The third kappa shape index (κ3) is 2.51. The van der Waals surface area contributed by atoms with Crippen molar-refractivity contribution in [2.45, 2.75) is 49.7 Å². The summed E-state index contributed by atoms with van der Waals surface area (Å²) in [6.45, 7) is 0. The molecule has 1 N–H and O–H groups in total. The van der Waals surface area contributed by atoms with Crippen molar-refractivity contribution in [2.75, 3.05) is 0 Å². The molecule has 1 saturated carbocycles. The van der Waals surface area contributed by atoms with Crippen molar-refractivity contribution in [3.8, 4) is 5.88 Å². The maximum Gasteiger partial charge on any atom is 0.418 e. The molecule has 0 aliphatic heterocycles. The van der Waals surface area contributed by atoms with Gasteiger partial charge in [0.15, 0.2) is 0 Å². The molecule has 0 aromatic carbocycles. The SMILES string of the molecule is O[C@H]1c2c(C(F)(F)F)cnc(OC3CC(F)(F)C3)c2C[C@H]1F. The van der Waals surface area contributed by atoms with Gasteiger partial charge in [0.2, 0.25) is 5.88 Å². The predicted molar refractivity (Wildman–Crippen MR) is 61.4 cm³/mol. The molecule has 2 aliphatic carbocycles. The molecule has 2 aliphatic rings. The number of fused-ring (bicyclic) bond motifs is 1. The molecule has 0 bridgehead atoms. The number of pyridine rings is 1. The van der Waals surface area contributed by atoms with Crippen LogP contribution in [0.3, 0.4) is 0 Å². The van der Waals surface area contributed by atoms with Crippen LogP contribution in [0.15, 0.2) is 6.20 Å². The number of hydrogen-bond donors (Lipinski definition) is 1. The minimum absolute atomic E-state index is 0.204. The Labute approximate surface area is 120 Å². The van der Waals surface area contributed by atoms with E-state index < -0.39 is 60.9 Å². The average Bonchev–Trinajstić information content (AvgIpc) is 2.63. The maximum atomic E-state index is 13.6. The van der Waals surface area contributed by atoms with Crippen molar-refractivity contribution >= 4 is 0 Å². The van der Waals surface area contributed by atoms with Crippen molar-refractivity contribution in [1.82, 2.24) is 4.98 Å². The zero-order valence-electron chi connectivity index (χ0n) is 11.0. The third-order valence-electron chi connectivity index (χ3n) is 3.86. The molecule has 1 aromatic heterocycles. The maximum absolute atomic E-state index is 13.6. The third-order valence-corrected chi connectivity index (χ3v) is 3.86. The summed E-state index contributed by atoms with van der Waals surface area (Å²) in [6.07, 6.45) is -10.7. The molecule has 3 nitrogen and oxygen atoms in total. The van der Waals surface area contributed by atoms with Crippen molar-refractivity contribution in [3.63, 3.8) is 0 Å². The van der Waals surface area contributed by atoms with Crippen LogP contribution < -0.4 is 4.74 Å². The Bertz CT molecular complexity index is 595. The molecule has 0 radical (unpaired) electrons. The van der Waals surface area contributed by atoms with Crippen LogP contribution in [0.4, 0.5) is 26.3 Å². The van der Waals surface area contributed by atoms with Crippen LogP contribution in [-0.2, 0) is 12.6 Å². The fourth-order valence-corrected chi connectivity index (χ4v) is 2.75. The lowest BCUT2D eigenvalue weighted by Crippen LogP contribution is -2.43. The zero-order valence-corrected chi connectivity index (χ0v) is 11.0. The van der Waals surface area contributed by atoms with Gasteiger partial charge in [0.25, 0.3) is 5.92 Å². The van der Waals surface area contributed by atoms with Crippen LogP contribution in [0, 0.1) is 0 Å². The Morgan fingerprint density at radius 1 is 1.27 bits per heavy atom. The van der Waals surface area contributed by atoms with E-state index >= 15 is 0 Å². The second-order valence-corrected chi connectivity index (χ2v) is 5.54. The number of aromatic nitrogens is 1. The summed E-state index contributed by atoms with van der Waals surface area (Å²) < 4.78 is 83.0. The van der Waals surface area contributed by atoms with Gasteiger partial charge < -0.3 is 9.84 Å². The van der Waals surface area contributed by atoms with Crippen LogP contribution >= 0.6 is 0 Å². The van der Waals surface area contributed by atoms with Gasteiger partial charge in [-0.1, -0.05) is 0 Å². The minimum Gasteiger partial charge on any atom is -0.474 e. The summed E-state index contributed by atoms with van der Waals surface area (Å²) in [6, 6.07) is 0. The number of nitrogens with zero attached hydrogens (tertiary/aromatic N) is 1. The number of rotatable bonds is 2. The van der Waals surface area contributed by atoms with Gasteiger partial charge in [-0.15, -0.1) is 0 Å². The second-order valence-electron chi connectivity index (χ2n) is 5.54. The smallest absolute Gasteiger partial charge is 0.418 e. The monoisotopic (exact) mass is 327 g/mol. The number of ether oxygens (including phenoxy) is 1. The topological polar surface area (TPSA) is 42.4 Å². The van der Waals surface area contributed by atoms with E-state index in [-0.39, 0.29) is 11.4 Å². The molecule has 0 unspecified atom stereocenters. The second kappa shape index (κ2) is 4.74. The van der Waals surface area contributed by atoms with E-state index in [4.69, 9.17) is 4.74 Å². The fourth-order valence-electron chi connectivity index (χ4n) is 2.75. The number of halogens is 6. The van der Waals surface area contributed by atoms with Gasteiger partial charge in [-0.05, 0) is 0 Å². The quantitative estimate of drug-likeness (QED) is 0.848. The molecule has 1 aromatic rings. The first-order valence-corrected chi connectivity index (χ1v) is 6.54. The number of aliphatic hydroxyl groups excluding tert-OH is 1. The van der Waals surface area contributed by atoms with E-state index in [2.05, 4.69) is 4.98 Å². The largest absolute Gasteiger partial charge is 0.474 e. The molecule has 9 heteroatoms. The van der Waals surface area contributed by atoms with E-state index in [1.807, 2.05) is 0 Å². The highest BCUT2D eigenvalue weighted by Crippen LogP contribution is 2.46. The van der Waals surface area contributed by atoms with Gasteiger partial charge >= 0.3 is 6.18 Å². The van der Waals surface area contributed by atoms with Gasteiger partial charge in [-0.3, -0.25) is 0 Å². The molecule has 0 amide bonds. The van der Waals surface area contributed by atoms with Crippen molar-refractivity contribution < 1.29 is 36.2 Å². The Hall–Kier alpha value is -1.51. The summed E-state index contributed by atoms with van der Waals surface area (Å²) in [5.74, 6) is -3.18. The molecule has 2 atom stereocenters. The summed E-state index contributed by atoms with van der Waals surface area (Å²) in [4.78, 5) is 3.49. The van der Waals surface area contributed by atoms with Crippen LogP contribution in [0.5, 0.6) is 5.88 Å². The van der Waals surface area contributed by atoms with Crippen molar-refractivity contribution in [2.24, 2.45) is 0 Å². The number of aliphatic hydroxyl groups is 1. The Morgan fingerprint density at radius 3 is 2.45 bits per heavy atom. The summed E-state index contributed by atoms with van der Waals surface area (Å²) in [5.41, 5.74) is -2.05. The average molecular weight is 327 g/mol. The van der Waals surface area contributed by atoms with E-state index in [0.717, 1.165) is 0 Å². The lowest BCUT2D eigenvalue weighted by atomic mass is 9.91. The lowest BCUT2D eigenvalue weighted by molar-refractivity contribution is -0.139. The zero-order chi connectivity index (χ0) is 16.3. The Morgan fingerprint density at radius 2 is 1.91 bits per heavy atom. The molecular formula is C13H11F6NO2. The summed E-state index contributed by atoms with van der Waals surface area (Å²) in [7, 11) is 0. The van der Waals surface area contributed by atoms with Gasteiger partial charge in [0, 0.05) is 36.6 Å². The molecular weight excluding hydrogens is 316 g/mol. The van der Waals surface area contributed by atoms with Crippen LogP contribution in [0.25, 0.3) is 0 Å². The minimum atomic E-state index is -4.80. The molecule has 1 heterocycles. The first-order valence-electron chi connectivity index (χ1n) is 6.54. The molecule has 22 heavy (non-hydrogen) atoms. The van der Waals surface area contributed by atoms with E-state index in [0.29, 0.717) is 6.20 Å². The molecule has 1 fully saturated rings. The molecule has 0 saturated heterocycles. The summed E-state index contributed by atoms with van der Waals surface area (Å²) >= 11 is 0. The normalized spacial score (nSPS) is 27.4. The van der Waals surface area contributed by atoms with E-state index in [1.165, 1.54) is 0 Å². The Kier molecular flexibility index (Phi) is 3.32. The van der Waals surface area contributed by atoms with Crippen LogP contribution in [0.1, 0.15) is 35.6 Å². The predicted octanol–water partition coefficient (Wildman–Crippen LogP) is 3.20. The number of hydrogen-bond acceptors (Lipinski definition) is 3. The van der Waals surface area contributed by atoms with Gasteiger partial charge in [0.1, 0.15) is 18.4 Å². The van der Waals surface area contributed by atoms with Gasteiger partial charge in [-0.2, -0.15) is 13.2 Å². The molecule has 0 spiro atoms. The van der Waals surface area contributed by atoms with E-state index in [1.54, 1.807) is 0 Å². The number of alkyl halides is 6. The molecule has 122 valence electrons. The van der Waals surface area contributed by atoms with Gasteiger partial charge in [-0.25, -0.2) is 18.2 Å². The standard InChI is InChI=1S/C13H11F6NO2/c14-8-1-6-9(10(8)21)7(13(17,18)19)4-20-11(6)22-5-2-12(15,16)3-5/h4-5,8,10,21H,1-3H2/t8-,10-/m1/s1. The first kappa shape index (κ1) is 15.4. The highest BCUT2D eigenvalue weighted by atomic mass is 19.4. The fraction of sp³-hybridized carbons (Fsp3) is 0.615. The lowest BCUT2D eigenvalue weighted by Gasteiger charge is -2.34. The molecule has 3 rings (SSSR count). The van der Waals surface area contributed by atoms with Crippen LogP contribution in [-0.4, -0.2) is 28.3 Å². The Balaban J connectivity index is 1.94. The first-order chi connectivity index (χ1) is 10.1. The highest BCUT2D eigenvalue weighted by Gasteiger charge is 2.49. The van der Waals surface area contributed by atoms with Gasteiger partial charge in [0.05, 0.1) is 5.56 Å². The van der Waals surface area contributed by atoms with Crippen molar-refractivity contribution in [1.29, 1.82) is 0 Å². The highest BCUT2D eigenvalue weighted by molar-refractivity contribution is 5.47. The summed E-state index contributed by atoms with van der Waals surface area (Å²) in [5, 5.41) is 9.63. The van der Waals surface area contributed by atoms with Crippen LogP contribution in [0.2, 0.25) is 0 Å². The van der Waals surface area contributed by atoms with Crippen molar-refractivity contribution in [3.05, 3.63) is 22.9 Å². The van der Waals surface area contributed by atoms with E-state index in [9.17, 15) is 31.4 Å².